The van der Waals surface area contributed by atoms with Crippen LogP contribution < -0.4 is 29.7 Å². The van der Waals surface area contributed by atoms with Gasteiger partial charge in [0.2, 0.25) is 11.3 Å². The highest BCUT2D eigenvalue weighted by atomic mass is 19.1. The van der Waals surface area contributed by atoms with Crippen molar-refractivity contribution in [2.45, 2.75) is 6.54 Å². The molecule has 1 heterocycles. The molecule has 4 aromatic rings. The van der Waals surface area contributed by atoms with Crippen molar-refractivity contribution in [1.82, 2.24) is 4.57 Å². The van der Waals surface area contributed by atoms with Gasteiger partial charge in [-0.05, 0) is 42.5 Å². The van der Waals surface area contributed by atoms with Gasteiger partial charge >= 0.3 is 0 Å². The Bertz CT molecular complexity index is 1580. The van der Waals surface area contributed by atoms with E-state index in [1.165, 1.54) is 57.4 Å². The van der Waals surface area contributed by atoms with Crippen LogP contribution in [0.25, 0.3) is 10.9 Å². The molecule has 38 heavy (non-hydrogen) atoms. The van der Waals surface area contributed by atoms with Crippen molar-refractivity contribution in [3.05, 3.63) is 88.0 Å². The molecule has 0 aliphatic carbocycles. The van der Waals surface area contributed by atoms with Gasteiger partial charge < -0.3 is 28.8 Å². The van der Waals surface area contributed by atoms with Gasteiger partial charge in [-0.15, -0.1) is 0 Å². The van der Waals surface area contributed by atoms with Gasteiger partial charge in [0, 0.05) is 29.6 Å². The number of benzene rings is 3. The van der Waals surface area contributed by atoms with Gasteiger partial charge in [0.25, 0.3) is 0 Å². The molecular formula is C28H25FN2O7. The third-order valence-electron chi connectivity index (χ3n) is 5.92. The Labute approximate surface area is 217 Å². The second-order valence-corrected chi connectivity index (χ2v) is 8.18. The fraction of sp³-hybridized carbons (Fsp3) is 0.179. The third-order valence-corrected chi connectivity index (χ3v) is 5.92. The van der Waals surface area contributed by atoms with Crippen LogP contribution in [0.3, 0.4) is 0 Å². The molecule has 0 fully saturated rings. The molecule has 0 radical (unpaired) electrons. The van der Waals surface area contributed by atoms with Crippen LogP contribution in [-0.2, 0) is 11.3 Å². The molecule has 0 atom stereocenters. The minimum Gasteiger partial charge on any atom is -0.493 e. The van der Waals surface area contributed by atoms with Gasteiger partial charge in [-0.1, -0.05) is 0 Å². The van der Waals surface area contributed by atoms with Crippen LogP contribution in [0.4, 0.5) is 10.1 Å². The first-order valence-electron chi connectivity index (χ1n) is 11.4. The highest BCUT2D eigenvalue weighted by Crippen LogP contribution is 2.32. The number of ether oxygens (including phenoxy) is 4. The molecule has 0 aliphatic rings. The summed E-state index contributed by atoms with van der Waals surface area (Å²) in [6, 6.07) is 12.8. The molecule has 1 N–H and O–H groups in total. The first-order chi connectivity index (χ1) is 18.3. The Balaban J connectivity index is 1.79. The van der Waals surface area contributed by atoms with Crippen molar-refractivity contribution in [3.8, 4) is 23.0 Å². The van der Waals surface area contributed by atoms with Crippen molar-refractivity contribution < 1.29 is 32.9 Å². The SMILES string of the molecule is COc1ccc(NC(=O)Cn2cc(C(=O)c3ccc(F)cc3)c(=O)c3cc(OC)c(OC)cc32)cc1OC. The number of carbonyl (C=O) groups is 2. The maximum Gasteiger partial charge on any atom is 0.244 e. The lowest BCUT2D eigenvalue weighted by Crippen LogP contribution is -2.24. The van der Waals surface area contributed by atoms with Gasteiger partial charge in [0.1, 0.15) is 12.4 Å². The van der Waals surface area contributed by atoms with Crippen LogP contribution in [0.5, 0.6) is 23.0 Å². The lowest BCUT2D eigenvalue weighted by Gasteiger charge is -2.16. The summed E-state index contributed by atoms with van der Waals surface area (Å²) < 4.78 is 36.1. The van der Waals surface area contributed by atoms with Crippen LogP contribution >= 0.6 is 0 Å². The summed E-state index contributed by atoms with van der Waals surface area (Å²) in [5.74, 6) is -0.000100. The summed E-state index contributed by atoms with van der Waals surface area (Å²) in [5, 5.41) is 2.93. The molecule has 4 rings (SSSR count). The molecule has 3 aromatic carbocycles. The number of hydrogen-bond acceptors (Lipinski definition) is 7. The monoisotopic (exact) mass is 520 g/mol. The predicted octanol–water partition coefficient (Wildman–Crippen LogP) is 4.04. The van der Waals surface area contributed by atoms with E-state index < -0.39 is 22.9 Å². The zero-order chi connectivity index (χ0) is 27.4. The normalized spacial score (nSPS) is 10.7. The largest absolute Gasteiger partial charge is 0.493 e. The first-order valence-corrected chi connectivity index (χ1v) is 11.4. The number of anilines is 1. The lowest BCUT2D eigenvalue weighted by atomic mass is 10.0. The number of fused-ring (bicyclic) bond motifs is 1. The van der Waals surface area contributed by atoms with E-state index in [1.54, 1.807) is 24.3 Å². The summed E-state index contributed by atoms with van der Waals surface area (Å²) in [6.45, 7) is -0.246. The van der Waals surface area contributed by atoms with Crippen LogP contribution in [0.2, 0.25) is 0 Å². The zero-order valence-electron chi connectivity index (χ0n) is 21.2. The second kappa shape index (κ2) is 11.0. The summed E-state index contributed by atoms with van der Waals surface area (Å²) >= 11 is 0. The molecule has 0 bridgehead atoms. The smallest absolute Gasteiger partial charge is 0.244 e. The fourth-order valence-electron chi connectivity index (χ4n) is 4.04. The zero-order valence-corrected chi connectivity index (χ0v) is 21.2. The highest BCUT2D eigenvalue weighted by molar-refractivity contribution is 6.10. The summed E-state index contributed by atoms with van der Waals surface area (Å²) in [7, 11) is 5.86. The van der Waals surface area contributed by atoms with E-state index in [-0.39, 0.29) is 28.8 Å². The Morgan fingerprint density at radius 1 is 0.816 bits per heavy atom. The van der Waals surface area contributed by atoms with Crippen molar-refractivity contribution in [2.75, 3.05) is 33.8 Å². The average Bonchev–Trinajstić information content (AvgIpc) is 2.93. The van der Waals surface area contributed by atoms with Crippen LogP contribution in [-0.4, -0.2) is 44.7 Å². The Morgan fingerprint density at radius 3 is 2.05 bits per heavy atom. The summed E-state index contributed by atoms with van der Waals surface area (Å²) in [5.41, 5.74) is 0.192. The Morgan fingerprint density at radius 2 is 1.42 bits per heavy atom. The number of hydrogen-bond donors (Lipinski definition) is 1. The van der Waals surface area contributed by atoms with Crippen molar-refractivity contribution >= 4 is 28.3 Å². The second-order valence-electron chi connectivity index (χ2n) is 8.18. The molecule has 10 heteroatoms. The molecule has 0 saturated heterocycles. The van der Waals surface area contributed by atoms with E-state index in [0.717, 1.165) is 12.1 Å². The molecule has 1 amide bonds. The van der Waals surface area contributed by atoms with Gasteiger partial charge in [-0.25, -0.2) is 4.39 Å². The van der Waals surface area contributed by atoms with E-state index in [1.807, 2.05) is 0 Å². The molecule has 9 nitrogen and oxygen atoms in total. The molecule has 0 unspecified atom stereocenters. The van der Waals surface area contributed by atoms with Gasteiger partial charge in [-0.3, -0.25) is 14.4 Å². The maximum absolute atomic E-state index is 13.4. The predicted molar refractivity (Wildman–Crippen MR) is 139 cm³/mol. The summed E-state index contributed by atoms with van der Waals surface area (Å²) in [6.07, 6.45) is 1.32. The molecule has 0 spiro atoms. The van der Waals surface area contributed by atoms with Gasteiger partial charge in [0.05, 0.1) is 44.9 Å². The number of halogens is 1. The quantitative estimate of drug-likeness (QED) is 0.332. The van der Waals surface area contributed by atoms with Gasteiger partial charge in [0.15, 0.2) is 28.8 Å². The molecular weight excluding hydrogens is 495 g/mol. The van der Waals surface area contributed by atoms with E-state index in [9.17, 15) is 18.8 Å². The van der Waals surface area contributed by atoms with E-state index in [2.05, 4.69) is 5.32 Å². The van der Waals surface area contributed by atoms with Crippen molar-refractivity contribution in [3.63, 3.8) is 0 Å². The molecule has 1 aromatic heterocycles. The number of ketones is 1. The van der Waals surface area contributed by atoms with Crippen molar-refractivity contribution in [2.24, 2.45) is 0 Å². The van der Waals surface area contributed by atoms with E-state index >= 15 is 0 Å². The van der Waals surface area contributed by atoms with E-state index in [0.29, 0.717) is 28.5 Å². The summed E-state index contributed by atoms with van der Waals surface area (Å²) in [4.78, 5) is 39.7. The molecule has 0 aliphatic heterocycles. The minimum atomic E-state index is -0.610. The number of amides is 1. The van der Waals surface area contributed by atoms with Crippen LogP contribution in [0, 0.1) is 5.82 Å². The topological polar surface area (TPSA) is 105 Å². The number of rotatable bonds is 9. The van der Waals surface area contributed by atoms with Crippen molar-refractivity contribution in [1.29, 1.82) is 0 Å². The Hall–Kier alpha value is -4.86. The number of nitrogens with one attached hydrogen (secondary N) is 1. The number of aromatic nitrogens is 1. The van der Waals surface area contributed by atoms with Crippen LogP contribution in [0.1, 0.15) is 15.9 Å². The lowest BCUT2D eigenvalue weighted by molar-refractivity contribution is -0.116. The number of methoxy groups -OCH3 is 4. The number of carbonyl (C=O) groups excluding carboxylic acids is 2. The minimum absolute atomic E-state index is 0.129. The first kappa shape index (κ1) is 26.2. The Kier molecular flexibility index (Phi) is 7.61. The molecule has 196 valence electrons. The number of pyridine rings is 1. The van der Waals surface area contributed by atoms with E-state index in [4.69, 9.17) is 18.9 Å². The highest BCUT2D eigenvalue weighted by Gasteiger charge is 2.21. The third kappa shape index (κ3) is 5.15. The maximum atomic E-state index is 13.4. The standard InChI is InChI=1S/C28H25FN2O7/c1-35-22-10-9-18(11-23(22)36-2)30-26(32)15-31-14-20(27(33)16-5-7-17(29)8-6-16)28(34)19-12-24(37-3)25(38-4)13-21(19)31/h5-14H,15H2,1-4H3,(H,30,32). The van der Waals surface area contributed by atoms with Crippen LogP contribution in [0.15, 0.2) is 65.6 Å². The van der Waals surface area contributed by atoms with Gasteiger partial charge in [-0.2, -0.15) is 0 Å². The molecule has 0 saturated carbocycles. The number of nitrogens with zero attached hydrogens (tertiary/aromatic N) is 1. The average molecular weight is 521 g/mol. The fourth-order valence-corrected chi connectivity index (χ4v) is 4.04.